The maximum Gasteiger partial charge on any atom is 0.437 e. The molecule has 1 aliphatic rings. The van der Waals surface area contributed by atoms with Gasteiger partial charge in [-0.15, -0.1) is 0 Å². The zero-order chi connectivity index (χ0) is 19.6. The number of piperidine rings is 1. The minimum Gasteiger partial charge on any atom is -0.497 e. The average Bonchev–Trinajstić information content (AvgIpc) is 2.66. The normalized spacial score (nSPS) is 15.8. The molecule has 1 aliphatic heterocycles. The van der Waals surface area contributed by atoms with Gasteiger partial charge >= 0.3 is 12.1 Å². The second kappa shape index (κ2) is 7.58. The summed E-state index contributed by atoms with van der Waals surface area (Å²) in [5.74, 6) is -0.395. The molecule has 0 N–H and O–H groups in total. The minimum absolute atomic E-state index is 0.117. The van der Waals surface area contributed by atoms with Crippen LogP contribution in [-0.4, -0.2) is 42.7 Å². The second-order valence-electron chi connectivity index (χ2n) is 6.26. The van der Waals surface area contributed by atoms with E-state index in [0.29, 0.717) is 24.1 Å². The molecule has 2 aromatic rings. The summed E-state index contributed by atoms with van der Waals surface area (Å²) in [6, 6.07) is 4.63. The Morgan fingerprint density at radius 3 is 2.52 bits per heavy atom. The van der Waals surface area contributed by atoms with E-state index >= 15 is 0 Å². The first-order valence-electron chi connectivity index (χ1n) is 8.68. The number of fused-ring (bicyclic) bond motifs is 1. The third kappa shape index (κ3) is 4.06. The highest BCUT2D eigenvalue weighted by Gasteiger charge is 2.39. The van der Waals surface area contributed by atoms with E-state index in [2.05, 4.69) is 9.97 Å². The molecular weight excluding hydrogens is 363 g/mol. The second-order valence-corrected chi connectivity index (χ2v) is 6.26. The number of hydrogen-bond acceptors (Lipinski definition) is 6. The Balaban J connectivity index is 1.92. The van der Waals surface area contributed by atoms with Gasteiger partial charge in [-0.3, -0.25) is 4.79 Å². The highest BCUT2D eigenvalue weighted by atomic mass is 19.4. The van der Waals surface area contributed by atoms with E-state index < -0.39 is 11.9 Å². The zero-order valence-electron chi connectivity index (χ0n) is 15.0. The molecule has 0 atom stereocenters. The predicted molar refractivity (Wildman–Crippen MR) is 92.7 cm³/mol. The SMILES string of the molecule is CCOC(=O)C1CCN(c2nc3ccc(OC)cc3nc2C(F)(F)F)CC1. The minimum atomic E-state index is -4.64. The fourth-order valence-electron chi connectivity index (χ4n) is 3.15. The highest BCUT2D eigenvalue weighted by molar-refractivity contribution is 5.78. The van der Waals surface area contributed by atoms with Gasteiger partial charge in [0.25, 0.3) is 0 Å². The molecule has 0 aliphatic carbocycles. The Labute approximate surface area is 154 Å². The number of carbonyl (C=O) groups excluding carboxylic acids is 1. The smallest absolute Gasteiger partial charge is 0.437 e. The summed E-state index contributed by atoms with van der Waals surface area (Å²) in [6.45, 7) is 2.57. The molecule has 3 rings (SSSR count). The molecule has 0 radical (unpaired) electrons. The number of hydrogen-bond donors (Lipinski definition) is 0. The van der Waals surface area contributed by atoms with Crippen LogP contribution < -0.4 is 9.64 Å². The molecule has 0 saturated carbocycles. The van der Waals surface area contributed by atoms with Gasteiger partial charge in [-0.05, 0) is 31.9 Å². The molecule has 0 bridgehead atoms. The Hall–Kier alpha value is -2.58. The van der Waals surface area contributed by atoms with Crippen LogP contribution in [0.5, 0.6) is 5.75 Å². The first-order chi connectivity index (χ1) is 12.8. The number of nitrogens with zero attached hydrogens (tertiary/aromatic N) is 3. The topological polar surface area (TPSA) is 64.5 Å². The van der Waals surface area contributed by atoms with Crippen LogP contribution in [0.4, 0.5) is 19.0 Å². The van der Waals surface area contributed by atoms with E-state index in [4.69, 9.17) is 9.47 Å². The maximum absolute atomic E-state index is 13.6. The summed E-state index contributed by atoms with van der Waals surface area (Å²) in [5.41, 5.74) is -0.559. The summed E-state index contributed by atoms with van der Waals surface area (Å²) < 4.78 is 50.8. The van der Waals surface area contributed by atoms with Gasteiger partial charge in [0.1, 0.15) is 5.75 Å². The number of esters is 1. The van der Waals surface area contributed by atoms with E-state index in [0.717, 1.165) is 0 Å². The summed E-state index contributed by atoms with van der Waals surface area (Å²) in [6.07, 6.45) is -3.81. The van der Waals surface area contributed by atoms with Crippen LogP contribution in [0.25, 0.3) is 11.0 Å². The van der Waals surface area contributed by atoms with Crippen LogP contribution >= 0.6 is 0 Å². The van der Waals surface area contributed by atoms with Crippen LogP contribution in [0.1, 0.15) is 25.5 Å². The fraction of sp³-hybridized carbons (Fsp3) is 0.500. The van der Waals surface area contributed by atoms with Crippen molar-refractivity contribution in [1.82, 2.24) is 9.97 Å². The van der Waals surface area contributed by atoms with Crippen molar-refractivity contribution in [2.24, 2.45) is 5.92 Å². The molecule has 9 heteroatoms. The van der Waals surface area contributed by atoms with Gasteiger partial charge in [-0.1, -0.05) is 0 Å². The highest BCUT2D eigenvalue weighted by Crippen LogP contribution is 2.37. The Kier molecular flexibility index (Phi) is 5.38. The fourth-order valence-corrected chi connectivity index (χ4v) is 3.15. The number of carbonyl (C=O) groups is 1. The van der Waals surface area contributed by atoms with Crippen molar-refractivity contribution >= 4 is 22.8 Å². The third-order valence-corrected chi connectivity index (χ3v) is 4.54. The van der Waals surface area contributed by atoms with Gasteiger partial charge in [-0.2, -0.15) is 13.2 Å². The number of aromatic nitrogens is 2. The van der Waals surface area contributed by atoms with Crippen LogP contribution in [0.15, 0.2) is 18.2 Å². The number of halogens is 3. The van der Waals surface area contributed by atoms with Crippen LogP contribution in [-0.2, 0) is 15.7 Å². The molecule has 1 aromatic heterocycles. The lowest BCUT2D eigenvalue weighted by Gasteiger charge is -2.32. The summed E-state index contributed by atoms with van der Waals surface area (Å²) >= 11 is 0. The Morgan fingerprint density at radius 1 is 1.22 bits per heavy atom. The summed E-state index contributed by atoms with van der Waals surface area (Å²) in [5, 5.41) is 0. The van der Waals surface area contributed by atoms with Crippen molar-refractivity contribution in [2.75, 3.05) is 31.7 Å². The van der Waals surface area contributed by atoms with E-state index in [1.54, 1.807) is 19.1 Å². The average molecular weight is 383 g/mol. The Bertz CT molecular complexity index is 834. The number of rotatable bonds is 4. The van der Waals surface area contributed by atoms with Crippen molar-refractivity contribution in [3.63, 3.8) is 0 Å². The monoisotopic (exact) mass is 383 g/mol. The van der Waals surface area contributed by atoms with Crippen molar-refractivity contribution in [1.29, 1.82) is 0 Å². The maximum atomic E-state index is 13.6. The van der Waals surface area contributed by atoms with Gasteiger partial charge in [0, 0.05) is 19.2 Å². The lowest BCUT2D eigenvalue weighted by Crippen LogP contribution is -2.38. The van der Waals surface area contributed by atoms with Gasteiger partial charge in [0.15, 0.2) is 11.5 Å². The molecule has 27 heavy (non-hydrogen) atoms. The van der Waals surface area contributed by atoms with Crippen molar-refractivity contribution < 1.29 is 27.4 Å². The van der Waals surface area contributed by atoms with Gasteiger partial charge in [0.2, 0.25) is 0 Å². The van der Waals surface area contributed by atoms with Crippen LogP contribution in [0, 0.1) is 5.92 Å². The number of anilines is 1. The van der Waals surface area contributed by atoms with Crippen molar-refractivity contribution in [3.8, 4) is 5.75 Å². The number of benzene rings is 1. The molecular formula is C18H20F3N3O3. The standard InChI is InChI=1S/C18H20F3N3O3/c1-3-27-17(25)11-6-8-24(9-7-11)16-15(18(19,20)21)22-14-10-12(26-2)4-5-13(14)23-16/h4-5,10-11H,3,6-9H2,1-2H3. The lowest BCUT2D eigenvalue weighted by molar-refractivity contribution is -0.148. The van der Waals surface area contributed by atoms with Crippen LogP contribution in [0.3, 0.4) is 0 Å². The molecule has 1 aromatic carbocycles. The van der Waals surface area contributed by atoms with Gasteiger partial charge < -0.3 is 14.4 Å². The number of ether oxygens (including phenoxy) is 2. The van der Waals surface area contributed by atoms with E-state index in [9.17, 15) is 18.0 Å². The quantitative estimate of drug-likeness (QED) is 0.754. The first-order valence-corrected chi connectivity index (χ1v) is 8.68. The molecule has 6 nitrogen and oxygen atoms in total. The van der Waals surface area contributed by atoms with Crippen molar-refractivity contribution in [3.05, 3.63) is 23.9 Å². The largest absolute Gasteiger partial charge is 0.497 e. The number of methoxy groups -OCH3 is 1. The Morgan fingerprint density at radius 2 is 1.93 bits per heavy atom. The van der Waals surface area contributed by atoms with E-state index in [-0.39, 0.29) is 42.9 Å². The van der Waals surface area contributed by atoms with Gasteiger partial charge in [-0.25, -0.2) is 9.97 Å². The summed E-state index contributed by atoms with van der Waals surface area (Å²) in [7, 11) is 1.43. The van der Waals surface area contributed by atoms with Gasteiger partial charge in [0.05, 0.1) is 30.7 Å². The molecule has 0 unspecified atom stereocenters. The first kappa shape index (κ1) is 19.2. The van der Waals surface area contributed by atoms with E-state index in [1.807, 2.05) is 0 Å². The zero-order valence-corrected chi connectivity index (χ0v) is 15.0. The predicted octanol–water partition coefficient (Wildman–Crippen LogP) is 3.44. The third-order valence-electron chi connectivity index (χ3n) is 4.54. The van der Waals surface area contributed by atoms with E-state index in [1.165, 1.54) is 18.1 Å². The molecule has 0 spiro atoms. The molecule has 1 fully saturated rings. The van der Waals surface area contributed by atoms with Crippen molar-refractivity contribution in [2.45, 2.75) is 25.9 Å². The van der Waals surface area contributed by atoms with Crippen LogP contribution in [0.2, 0.25) is 0 Å². The lowest BCUT2D eigenvalue weighted by atomic mass is 9.97. The number of alkyl halides is 3. The molecule has 146 valence electrons. The molecule has 0 amide bonds. The summed E-state index contributed by atoms with van der Waals surface area (Å²) in [4.78, 5) is 21.4. The molecule has 1 saturated heterocycles. The molecule has 2 heterocycles.